The molecule has 0 spiro atoms. The molecule has 17 heavy (non-hydrogen) atoms. The summed E-state index contributed by atoms with van der Waals surface area (Å²) in [6.45, 7) is 3.88. The highest BCUT2D eigenvalue weighted by atomic mass is 35.5. The van der Waals surface area contributed by atoms with Crippen LogP contribution in [0.4, 0.5) is 5.82 Å². The van der Waals surface area contributed by atoms with Gasteiger partial charge in [0.05, 0.1) is 6.20 Å². The first-order valence-corrected chi connectivity index (χ1v) is 5.67. The zero-order valence-electron chi connectivity index (χ0n) is 9.14. The highest BCUT2D eigenvalue weighted by molar-refractivity contribution is 6.29. The predicted octanol–water partition coefficient (Wildman–Crippen LogP) is 1.21. The fourth-order valence-corrected chi connectivity index (χ4v) is 2.16. The third-order valence-corrected chi connectivity index (χ3v) is 3.06. The Morgan fingerprint density at radius 2 is 2.00 bits per heavy atom. The maximum atomic E-state index is 6.03. The monoisotopic (exact) mass is 273 g/mol. The number of piperazine rings is 1. The van der Waals surface area contributed by atoms with Crippen molar-refractivity contribution >= 4 is 35.5 Å². The van der Waals surface area contributed by atoms with Crippen molar-refractivity contribution in [3.05, 3.63) is 23.7 Å². The summed E-state index contributed by atoms with van der Waals surface area (Å²) in [7, 11) is 0. The maximum Gasteiger partial charge on any atom is 0.181 e. The molecule has 1 aliphatic rings. The minimum Gasteiger partial charge on any atom is -0.351 e. The molecule has 2 aromatic rings. The average molecular weight is 274 g/mol. The van der Waals surface area contributed by atoms with Crippen molar-refractivity contribution in [1.82, 2.24) is 19.7 Å². The molecular formula is C10H13Cl2N5. The van der Waals surface area contributed by atoms with E-state index in [9.17, 15) is 0 Å². The van der Waals surface area contributed by atoms with Gasteiger partial charge in [0.15, 0.2) is 11.5 Å². The quantitative estimate of drug-likeness (QED) is 0.849. The van der Waals surface area contributed by atoms with Gasteiger partial charge in [-0.15, -0.1) is 12.4 Å². The Bertz CT molecular complexity index is 506. The molecule has 2 aromatic heterocycles. The van der Waals surface area contributed by atoms with Gasteiger partial charge in [-0.25, -0.2) is 9.97 Å². The van der Waals surface area contributed by atoms with Gasteiger partial charge in [0, 0.05) is 38.6 Å². The average Bonchev–Trinajstić information content (AvgIpc) is 2.73. The number of hydrogen-bond donors (Lipinski definition) is 1. The second-order valence-corrected chi connectivity index (χ2v) is 4.15. The minimum atomic E-state index is 0. The predicted molar refractivity (Wildman–Crippen MR) is 70.3 cm³/mol. The van der Waals surface area contributed by atoms with Gasteiger partial charge in [0.1, 0.15) is 5.15 Å². The van der Waals surface area contributed by atoms with Crippen LogP contribution in [0.3, 0.4) is 0 Å². The van der Waals surface area contributed by atoms with Crippen molar-refractivity contribution in [3.63, 3.8) is 0 Å². The fourth-order valence-electron chi connectivity index (χ4n) is 1.98. The largest absolute Gasteiger partial charge is 0.351 e. The number of nitrogens with zero attached hydrogens (tertiary/aromatic N) is 4. The van der Waals surface area contributed by atoms with Gasteiger partial charge in [0.25, 0.3) is 0 Å². The number of aromatic nitrogens is 3. The van der Waals surface area contributed by atoms with E-state index in [1.807, 2.05) is 10.6 Å². The number of fused-ring (bicyclic) bond motifs is 1. The molecule has 5 nitrogen and oxygen atoms in total. The second-order valence-electron chi connectivity index (χ2n) is 3.76. The molecule has 0 atom stereocenters. The van der Waals surface area contributed by atoms with Crippen molar-refractivity contribution in [2.45, 2.75) is 0 Å². The van der Waals surface area contributed by atoms with E-state index in [-0.39, 0.29) is 12.4 Å². The lowest BCUT2D eigenvalue weighted by atomic mass is 10.3. The lowest BCUT2D eigenvalue weighted by Crippen LogP contribution is -2.44. The number of imidazole rings is 1. The molecule has 0 aromatic carbocycles. The van der Waals surface area contributed by atoms with Gasteiger partial charge < -0.3 is 10.2 Å². The van der Waals surface area contributed by atoms with Crippen molar-refractivity contribution in [2.75, 3.05) is 31.1 Å². The first-order chi connectivity index (χ1) is 7.86. The summed E-state index contributed by atoms with van der Waals surface area (Å²) < 4.78 is 1.85. The van der Waals surface area contributed by atoms with Gasteiger partial charge in [0.2, 0.25) is 0 Å². The molecule has 1 aliphatic heterocycles. The molecule has 1 saturated heterocycles. The summed E-state index contributed by atoms with van der Waals surface area (Å²) in [5, 5.41) is 3.93. The zero-order chi connectivity index (χ0) is 11.0. The number of hydrogen-bond acceptors (Lipinski definition) is 4. The van der Waals surface area contributed by atoms with Crippen LogP contribution in [0, 0.1) is 0 Å². The summed E-state index contributed by atoms with van der Waals surface area (Å²) in [5.74, 6) is 0.913. The van der Waals surface area contributed by atoms with E-state index in [0.717, 1.165) is 37.6 Å². The summed E-state index contributed by atoms with van der Waals surface area (Å²) in [4.78, 5) is 10.9. The summed E-state index contributed by atoms with van der Waals surface area (Å²) >= 11 is 6.03. The van der Waals surface area contributed by atoms with Crippen molar-refractivity contribution in [3.8, 4) is 0 Å². The van der Waals surface area contributed by atoms with Gasteiger partial charge in [-0.1, -0.05) is 11.6 Å². The van der Waals surface area contributed by atoms with Crippen LogP contribution in [0.5, 0.6) is 0 Å². The Balaban J connectivity index is 0.00000108. The molecule has 0 unspecified atom stereocenters. The third kappa shape index (κ3) is 2.18. The lowest BCUT2D eigenvalue weighted by molar-refractivity contribution is 0.585. The number of nitrogens with one attached hydrogen (secondary N) is 1. The first kappa shape index (κ1) is 12.4. The molecule has 0 radical (unpaired) electrons. The summed E-state index contributed by atoms with van der Waals surface area (Å²) in [5.41, 5.74) is 0.828. The van der Waals surface area contributed by atoms with E-state index in [0.29, 0.717) is 5.15 Å². The van der Waals surface area contributed by atoms with Gasteiger partial charge in [-0.05, 0) is 0 Å². The van der Waals surface area contributed by atoms with Crippen LogP contribution in [-0.2, 0) is 0 Å². The Hall–Kier alpha value is -1.04. The highest BCUT2D eigenvalue weighted by Crippen LogP contribution is 2.20. The highest BCUT2D eigenvalue weighted by Gasteiger charge is 2.16. The molecule has 92 valence electrons. The Kier molecular flexibility index (Phi) is 3.71. The molecule has 3 rings (SSSR count). The molecular weight excluding hydrogens is 261 g/mol. The number of anilines is 1. The molecule has 0 bridgehead atoms. The van der Waals surface area contributed by atoms with Crippen molar-refractivity contribution < 1.29 is 0 Å². The molecule has 3 heterocycles. The van der Waals surface area contributed by atoms with Crippen LogP contribution >= 0.6 is 24.0 Å². The van der Waals surface area contributed by atoms with Crippen LogP contribution < -0.4 is 10.2 Å². The van der Waals surface area contributed by atoms with Gasteiger partial charge in [-0.2, -0.15) is 0 Å². The van der Waals surface area contributed by atoms with Crippen molar-refractivity contribution in [1.29, 1.82) is 0 Å². The summed E-state index contributed by atoms with van der Waals surface area (Å²) in [6.07, 6.45) is 5.25. The van der Waals surface area contributed by atoms with E-state index in [1.54, 1.807) is 12.4 Å². The second kappa shape index (κ2) is 5.08. The van der Waals surface area contributed by atoms with Crippen LogP contribution in [0.1, 0.15) is 0 Å². The minimum absolute atomic E-state index is 0. The fraction of sp³-hybridized carbons (Fsp3) is 0.400. The van der Waals surface area contributed by atoms with Gasteiger partial charge in [-0.3, -0.25) is 4.40 Å². The van der Waals surface area contributed by atoms with Crippen LogP contribution in [0.25, 0.3) is 5.65 Å². The van der Waals surface area contributed by atoms with Crippen LogP contribution in [0.15, 0.2) is 18.6 Å². The van der Waals surface area contributed by atoms with Crippen LogP contribution in [0.2, 0.25) is 5.15 Å². The first-order valence-electron chi connectivity index (χ1n) is 5.29. The molecule has 1 fully saturated rings. The smallest absolute Gasteiger partial charge is 0.181 e. The zero-order valence-corrected chi connectivity index (χ0v) is 10.7. The van der Waals surface area contributed by atoms with Crippen LogP contribution in [-0.4, -0.2) is 40.5 Å². The normalized spacial score (nSPS) is 15.9. The SMILES string of the molecule is Cl.Clc1cnc2c(N3CCNCC3)nccn12. The molecule has 0 saturated carbocycles. The number of halogens is 2. The van der Waals surface area contributed by atoms with E-state index < -0.39 is 0 Å². The molecule has 7 heteroatoms. The molecule has 0 aliphatic carbocycles. The van der Waals surface area contributed by atoms with E-state index in [1.165, 1.54) is 0 Å². The molecule has 0 amide bonds. The Morgan fingerprint density at radius 3 is 2.76 bits per heavy atom. The van der Waals surface area contributed by atoms with Crippen molar-refractivity contribution in [2.24, 2.45) is 0 Å². The maximum absolute atomic E-state index is 6.03. The van der Waals surface area contributed by atoms with E-state index in [4.69, 9.17) is 11.6 Å². The Morgan fingerprint density at radius 1 is 1.24 bits per heavy atom. The Labute approximate surface area is 110 Å². The lowest BCUT2D eigenvalue weighted by Gasteiger charge is -2.28. The number of rotatable bonds is 1. The molecule has 1 N–H and O–H groups in total. The van der Waals surface area contributed by atoms with E-state index >= 15 is 0 Å². The van der Waals surface area contributed by atoms with Gasteiger partial charge >= 0.3 is 0 Å². The summed E-state index contributed by atoms with van der Waals surface area (Å²) in [6, 6.07) is 0. The topological polar surface area (TPSA) is 45.5 Å². The van der Waals surface area contributed by atoms with E-state index in [2.05, 4.69) is 20.2 Å². The third-order valence-electron chi connectivity index (χ3n) is 2.78. The standard InChI is InChI=1S/C10H12ClN5.ClH/c11-8-7-14-10-9(13-3-6-16(8)10)15-4-1-12-2-5-15;/h3,6-7,12H,1-2,4-5H2;1H.